The second-order valence-corrected chi connectivity index (χ2v) is 6.21. The summed E-state index contributed by atoms with van der Waals surface area (Å²) in [5.74, 6) is -1.06. The second kappa shape index (κ2) is 4.22. The maximum absolute atomic E-state index is 11.9. The van der Waals surface area contributed by atoms with Gasteiger partial charge in [0.05, 0.1) is 10.5 Å². The third-order valence-electron chi connectivity index (χ3n) is 2.66. The Labute approximate surface area is 105 Å². The van der Waals surface area contributed by atoms with Crippen LogP contribution < -0.4 is 0 Å². The van der Waals surface area contributed by atoms with E-state index in [0.717, 1.165) is 0 Å². The molecule has 1 aliphatic rings. The number of likely N-dealkylation sites (N-methyl/N-ethyl adjacent to an activating group) is 1. The Morgan fingerprint density at radius 2 is 2.00 bits per heavy atom. The Morgan fingerprint density at radius 3 is 2.56 bits per heavy atom. The van der Waals surface area contributed by atoms with Gasteiger partial charge in [-0.2, -0.15) is 0 Å². The topological polar surface area (TPSA) is 74.7 Å². The van der Waals surface area contributed by atoms with Crippen LogP contribution >= 0.6 is 0 Å². The summed E-state index contributed by atoms with van der Waals surface area (Å²) in [4.78, 5) is 12.9. The van der Waals surface area contributed by atoms with Gasteiger partial charge in [-0.15, -0.1) is 0 Å². The van der Waals surface area contributed by atoms with Gasteiger partial charge in [-0.1, -0.05) is 0 Å². The first-order valence-corrected chi connectivity index (χ1v) is 6.84. The van der Waals surface area contributed by atoms with Crippen LogP contribution in [0.4, 0.5) is 0 Å². The monoisotopic (exact) mass is 267 g/mol. The molecule has 1 aromatic rings. The molecule has 0 spiro atoms. The molecule has 0 saturated heterocycles. The number of nitrogens with zero attached hydrogens (tertiary/aromatic N) is 1. The van der Waals surface area contributed by atoms with Gasteiger partial charge in [-0.25, -0.2) is 13.2 Å². The lowest BCUT2D eigenvalue weighted by atomic mass is 10.0. The minimum atomic E-state index is -3.42. The Hall–Kier alpha value is -1.66. The molecule has 6 heteroatoms. The third-order valence-corrected chi connectivity index (χ3v) is 4.23. The van der Waals surface area contributed by atoms with Crippen LogP contribution in [0.2, 0.25) is 0 Å². The number of rotatable bonds is 3. The molecule has 0 aliphatic carbocycles. The smallest absolute Gasteiger partial charge is 0.335 e. The molecule has 5 nitrogen and oxygen atoms in total. The highest BCUT2D eigenvalue weighted by Gasteiger charge is 2.27. The molecule has 0 amide bonds. The molecule has 96 valence electrons. The van der Waals surface area contributed by atoms with Crippen molar-refractivity contribution in [3.63, 3.8) is 0 Å². The highest BCUT2D eigenvalue weighted by molar-refractivity contribution is 7.95. The summed E-state index contributed by atoms with van der Waals surface area (Å²) in [6, 6.07) is 4.08. The minimum absolute atomic E-state index is 0.0931. The predicted octanol–water partition coefficient (Wildman–Crippen LogP) is 1.07. The summed E-state index contributed by atoms with van der Waals surface area (Å²) in [5.41, 5.74) is 1.21. The summed E-state index contributed by atoms with van der Waals surface area (Å²) < 4.78 is 23.8. The van der Waals surface area contributed by atoms with Crippen molar-refractivity contribution in [3.8, 4) is 0 Å². The third kappa shape index (κ3) is 2.16. The molecule has 18 heavy (non-hydrogen) atoms. The molecule has 1 heterocycles. The number of fused-ring (bicyclic) bond motifs is 1. The Balaban J connectivity index is 2.58. The fourth-order valence-corrected chi connectivity index (χ4v) is 3.40. The first kappa shape index (κ1) is 12.8. The lowest BCUT2D eigenvalue weighted by Gasteiger charge is -2.11. The van der Waals surface area contributed by atoms with E-state index in [-0.39, 0.29) is 10.5 Å². The zero-order valence-corrected chi connectivity index (χ0v) is 10.9. The van der Waals surface area contributed by atoms with Gasteiger partial charge in [-0.05, 0) is 43.4 Å². The average molecular weight is 267 g/mol. The number of hydrogen-bond donors (Lipinski definition) is 1. The molecule has 0 saturated carbocycles. The van der Waals surface area contributed by atoms with Gasteiger partial charge in [0.15, 0.2) is 0 Å². The number of carbonyl (C=O) groups is 1. The average Bonchev–Trinajstić information content (AvgIpc) is 2.49. The van der Waals surface area contributed by atoms with E-state index in [1.54, 1.807) is 0 Å². The molecular weight excluding hydrogens is 254 g/mol. The first-order chi connectivity index (χ1) is 8.31. The van der Waals surface area contributed by atoms with Gasteiger partial charge < -0.3 is 10.0 Å². The SMILES string of the molecule is CN(C)CC1=CS(=O)(=O)c2ccc(C(=O)O)cc21. The zero-order chi connectivity index (χ0) is 13.5. The number of carboxylic acid groups (broad SMARTS) is 1. The van der Waals surface area contributed by atoms with Crippen LogP contribution in [0.3, 0.4) is 0 Å². The van der Waals surface area contributed by atoms with E-state index in [1.165, 1.54) is 23.6 Å². The van der Waals surface area contributed by atoms with E-state index in [2.05, 4.69) is 0 Å². The van der Waals surface area contributed by atoms with Crippen molar-refractivity contribution >= 4 is 21.4 Å². The summed E-state index contributed by atoms with van der Waals surface area (Å²) in [7, 11) is 0.227. The van der Waals surface area contributed by atoms with Crippen molar-refractivity contribution in [2.24, 2.45) is 0 Å². The van der Waals surface area contributed by atoms with Crippen molar-refractivity contribution in [3.05, 3.63) is 34.7 Å². The van der Waals surface area contributed by atoms with Crippen LogP contribution in [0.25, 0.3) is 5.57 Å². The van der Waals surface area contributed by atoms with Crippen molar-refractivity contribution in [1.29, 1.82) is 0 Å². The van der Waals surface area contributed by atoms with Gasteiger partial charge in [-0.3, -0.25) is 0 Å². The normalized spacial score (nSPS) is 16.5. The van der Waals surface area contributed by atoms with Gasteiger partial charge in [0.25, 0.3) is 0 Å². The first-order valence-electron chi connectivity index (χ1n) is 5.29. The standard InChI is InChI=1S/C12H13NO4S/c1-13(2)6-9-7-18(16,17)11-4-3-8(12(14)15)5-10(9)11/h3-5,7H,6H2,1-2H3,(H,14,15). The van der Waals surface area contributed by atoms with Gasteiger partial charge in [0, 0.05) is 12.0 Å². The summed E-state index contributed by atoms with van der Waals surface area (Å²) in [5, 5.41) is 10.1. The predicted molar refractivity (Wildman–Crippen MR) is 67.1 cm³/mol. The number of benzene rings is 1. The lowest BCUT2D eigenvalue weighted by Crippen LogP contribution is -2.14. The van der Waals surface area contributed by atoms with Crippen molar-refractivity contribution in [1.82, 2.24) is 4.90 Å². The number of hydrogen-bond acceptors (Lipinski definition) is 4. The van der Waals surface area contributed by atoms with Crippen LogP contribution in [0, 0.1) is 0 Å². The zero-order valence-electron chi connectivity index (χ0n) is 10.0. The number of sulfone groups is 1. The molecule has 1 aromatic carbocycles. The van der Waals surface area contributed by atoms with Crippen molar-refractivity contribution < 1.29 is 18.3 Å². The van der Waals surface area contributed by atoms with Crippen molar-refractivity contribution in [2.75, 3.05) is 20.6 Å². The summed E-state index contributed by atoms with van der Waals surface area (Å²) >= 11 is 0. The summed E-state index contributed by atoms with van der Waals surface area (Å²) in [6.07, 6.45) is 0. The van der Waals surface area contributed by atoms with E-state index in [0.29, 0.717) is 17.7 Å². The van der Waals surface area contributed by atoms with E-state index in [9.17, 15) is 13.2 Å². The molecule has 0 unspecified atom stereocenters. The Morgan fingerprint density at radius 1 is 1.33 bits per heavy atom. The molecule has 0 fully saturated rings. The molecule has 2 rings (SSSR count). The van der Waals surface area contributed by atoms with Gasteiger partial charge in [0.2, 0.25) is 9.84 Å². The fraction of sp³-hybridized carbons (Fsp3) is 0.250. The van der Waals surface area contributed by atoms with Crippen LogP contribution in [-0.2, 0) is 9.84 Å². The number of carboxylic acids is 1. The van der Waals surface area contributed by atoms with E-state index in [1.807, 2.05) is 19.0 Å². The van der Waals surface area contributed by atoms with Crippen LogP contribution in [0.5, 0.6) is 0 Å². The molecule has 1 aliphatic heterocycles. The van der Waals surface area contributed by atoms with E-state index >= 15 is 0 Å². The van der Waals surface area contributed by atoms with Gasteiger partial charge >= 0.3 is 5.97 Å². The minimum Gasteiger partial charge on any atom is -0.478 e. The lowest BCUT2D eigenvalue weighted by molar-refractivity contribution is 0.0696. The molecular formula is C12H13NO4S. The van der Waals surface area contributed by atoms with E-state index < -0.39 is 15.8 Å². The second-order valence-electron chi connectivity index (χ2n) is 4.44. The van der Waals surface area contributed by atoms with Crippen LogP contribution in [-0.4, -0.2) is 45.0 Å². The van der Waals surface area contributed by atoms with Crippen LogP contribution in [0.15, 0.2) is 28.5 Å². The molecule has 0 bridgehead atoms. The molecule has 0 atom stereocenters. The van der Waals surface area contributed by atoms with Crippen molar-refractivity contribution in [2.45, 2.75) is 4.90 Å². The maximum atomic E-state index is 11.9. The fourth-order valence-electron chi connectivity index (χ4n) is 1.94. The highest BCUT2D eigenvalue weighted by atomic mass is 32.2. The van der Waals surface area contributed by atoms with E-state index in [4.69, 9.17) is 5.11 Å². The Bertz CT molecular complexity index is 644. The molecule has 0 radical (unpaired) electrons. The molecule has 1 N–H and O–H groups in total. The Kier molecular flexibility index (Phi) is 3.00. The molecule has 0 aromatic heterocycles. The highest BCUT2D eigenvalue weighted by Crippen LogP contribution is 2.34. The quantitative estimate of drug-likeness (QED) is 0.886. The largest absolute Gasteiger partial charge is 0.478 e. The maximum Gasteiger partial charge on any atom is 0.335 e. The van der Waals surface area contributed by atoms with Gasteiger partial charge in [0.1, 0.15) is 0 Å². The number of aromatic carboxylic acids is 1. The summed E-state index contributed by atoms with van der Waals surface area (Å²) in [6.45, 7) is 0.454. The van der Waals surface area contributed by atoms with Crippen LogP contribution in [0.1, 0.15) is 15.9 Å².